The number of carbonyl (C=O) groups excluding carboxylic acids is 1. The topological polar surface area (TPSA) is 85.8 Å². The summed E-state index contributed by atoms with van der Waals surface area (Å²) in [5.41, 5.74) is 0.769. The fourth-order valence-corrected chi connectivity index (χ4v) is 3.32. The summed E-state index contributed by atoms with van der Waals surface area (Å²) in [4.78, 5) is 14.3. The van der Waals surface area contributed by atoms with Crippen LogP contribution < -0.4 is 19.5 Å². The van der Waals surface area contributed by atoms with Crippen LogP contribution in [0.15, 0.2) is 12.1 Å². The first-order valence-electron chi connectivity index (χ1n) is 8.72. The summed E-state index contributed by atoms with van der Waals surface area (Å²) in [7, 11) is 4.67. The van der Waals surface area contributed by atoms with Gasteiger partial charge in [-0.15, -0.1) is 10.2 Å². The smallest absolute Gasteiger partial charge is 0.227 e. The largest absolute Gasteiger partial charge is 0.493 e. The molecule has 9 heteroatoms. The van der Waals surface area contributed by atoms with Crippen molar-refractivity contribution in [1.82, 2.24) is 15.1 Å². The number of rotatable bonds is 10. The zero-order chi connectivity index (χ0) is 19.8. The number of nitrogens with zero attached hydrogens (tertiary/aromatic N) is 3. The van der Waals surface area contributed by atoms with Gasteiger partial charge in [0.1, 0.15) is 5.01 Å². The Morgan fingerprint density at radius 2 is 1.70 bits per heavy atom. The number of benzene rings is 1. The van der Waals surface area contributed by atoms with Gasteiger partial charge in [-0.1, -0.05) is 25.2 Å². The third-order valence-corrected chi connectivity index (χ3v) is 5.02. The first-order valence-corrected chi connectivity index (χ1v) is 9.53. The van der Waals surface area contributed by atoms with E-state index in [1.54, 1.807) is 33.5 Å². The normalized spacial score (nSPS) is 10.7. The van der Waals surface area contributed by atoms with Crippen LogP contribution in [0.4, 0.5) is 5.13 Å². The fraction of sp³-hybridized carbons (Fsp3) is 0.500. The van der Waals surface area contributed by atoms with Crippen molar-refractivity contribution >= 4 is 22.4 Å². The number of aromatic nitrogens is 2. The van der Waals surface area contributed by atoms with Crippen LogP contribution in [-0.2, 0) is 4.79 Å². The predicted molar refractivity (Wildman–Crippen MR) is 106 cm³/mol. The monoisotopic (exact) mass is 394 g/mol. The molecule has 0 spiro atoms. The molecule has 0 atom stereocenters. The van der Waals surface area contributed by atoms with Crippen molar-refractivity contribution in [3.05, 3.63) is 12.1 Å². The summed E-state index contributed by atoms with van der Waals surface area (Å²) in [5.74, 6) is 1.51. The molecule has 0 unspecified atom stereocenters. The van der Waals surface area contributed by atoms with Gasteiger partial charge in [0.05, 0.1) is 21.3 Å². The zero-order valence-corrected chi connectivity index (χ0v) is 17.2. The number of nitrogens with one attached hydrogen (secondary N) is 1. The highest BCUT2D eigenvalue weighted by Crippen LogP contribution is 2.42. The molecule has 1 N–H and O–H groups in total. The van der Waals surface area contributed by atoms with Crippen LogP contribution in [0.1, 0.15) is 20.3 Å². The van der Waals surface area contributed by atoms with Gasteiger partial charge in [0.15, 0.2) is 11.5 Å². The minimum atomic E-state index is -0.0745. The lowest BCUT2D eigenvalue weighted by Gasteiger charge is -2.16. The van der Waals surface area contributed by atoms with Crippen molar-refractivity contribution in [3.63, 3.8) is 0 Å². The molecule has 0 aliphatic heterocycles. The third-order valence-electron chi connectivity index (χ3n) is 4.13. The number of methoxy groups -OCH3 is 3. The number of amides is 1. The van der Waals surface area contributed by atoms with Crippen molar-refractivity contribution < 1.29 is 19.0 Å². The number of hydrogen-bond donors (Lipinski definition) is 1. The second kappa shape index (κ2) is 10.1. The first kappa shape index (κ1) is 20.9. The van der Waals surface area contributed by atoms with Crippen molar-refractivity contribution in [2.75, 3.05) is 46.3 Å². The molecule has 1 aromatic heterocycles. The first-order chi connectivity index (χ1) is 13.1. The van der Waals surface area contributed by atoms with Crippen molar-refractivity contribution in [2.24, 2.45) is 0 Å². The number of anilines is 1. The molecule has 27 heavy (non-hydrogen) atoms. The average molecular weight is 394 g/mol. The summed E-state index contributed by atoms with van der Waals surface area (Å²) in [6, 6.07) is 3.60. The molecule has 148 valence electrons. The SMILES string of the molecule is CCN(CC)CCC(=O)Nc1nnc(-c2cc(OC)c(OC)c(OC)c2)s1. The van der Waals surface area contributed by atoms with Gasteiger partial charge < -0.3 is 24.4 Å². The van der Waals surface area contributed by atoms with E-state index in [0.717, 1.165) is 25.2 Å². The van der Waals surface area contributed by atoms with Crippen LogP contribution >= 0.6 is 11.3 Å². The molecule has 1 heterocycles. The Labute approximate surface area is 163 Å². The molecule has 0 saturated heterocycles. The second-order valence-corrected chi connectivity index (χ2v) is 6.63. The lowest BCUT2D eigenvalue weighted by Crippen LogP contribution is -2.27. The van der Waals surface area contributed by atoms with Gasteiger partial charge in [0.2, 0.25) is 16.8 Å². The van der Waals surface area contributed by atoms with Gasteiger partial charge >= 0.3 is 0 Å². The van der Waals surface area contributed by atoms with E-state index < -0.39 is 0 Å². The maximum absolute atomic E-state index is 12.1. The molecule has 0 aliphatic carbocycles. The van der Waals surface area contributed by atoms with Crippen LogP contribution in [0.5, 0.6) is 17.2 Å². The quantitative estimate of drug-likeness (QED) is 0.663. The van der Waals surface area contributed by atoms with Crippen LogP contribution in [0.25, 0.3) is 10.6 Å². The molecule has 0 aliphatic rings. The maximum atomic E-state index is 12.1. The summed E-state index contributed by atoms with van der Waals surface area (Å²) in [6.07, 6.45) is 0.417. The van der Waals surface area contributed by atoms with E-state index in [2.05, 4.69) is 34.3 Å². The van der Waals surface area contributed by atoms with Gasteiger partial charge in [-0.05, 0) is 25.2 Å². The summed E-state index contributed by atoms with van der Waals surface area (Å²) in [5, 5.41) is 12.1. The molecule has 1 amide bonds. The summed E-state index contributed by atoms with van der Waals surface area (Å²) >= 11 is 1.29. The van der Waals surface area contributed by atoms with E-state index in [9.17, 15) is 4.79 Å². The number of carbonyl (C=O) groups is 1. The lowest BCUT2D eigenvalue weighted by molar-refractivity contribution is -0.116. The molecular weight excluding hydrogens is 368 g/mol. The Morgan fingerprint density at radius 1 is 1.07 bits per heavy atom. The highest BCUT2D eigenvalue weighted by molar-refractivity contribution is 7.18. The standard InChI is InChI=1S/C18H26N4O4S/c1-6-22(7-2)9-8-15(23)19-18-21-20-17(27-18)12-10-13(24-3)16(26-5)14(11-12)25-4/h10-11H,6-9H2,1-5H3,(H,19,21,23). The Balaban J connectivity index is 2.12. The lowest BCUT2D eigenvalue weighted by atomic mass is 10.2. The molecule has 2 aromatic rings. The van der Waals surface area contributed by atoms with E-state index in [0.29, 0.717) is 33.8 Å². The molecule has 1 aromatic carbocycles. The zero-order valence-electron chi connectivity index (χ0n) is 16.4. The van der Waals surface area contributed by atoms with Crippen molar-refractivity contribution in [2.45, 2.75) is 20.3 Å². The van der Waals surface area contributed by atoms with Crippen LogP contribution in [-0.4, -0.2) is 62.0 Å². The second-order valence-electron chi connectivity index (χ2n) is 5.65. The van der Waals surface area contributed by atoms with Gasteiger partial charge in [0, 0.05) is 18.5 Å². The Hall–Kier alpha value is -2.39. The average Bonchev–Trinajstić information content (AvgIpc) is 3.15. The molecule has 0 radical (unpaired) electrons. The Kier molecular flexibility index (Phi) is 7.81. The molecule has 0 fully saturated rings. The molecular formula is C18H26N4O4S. The number of hydrogen-bond acceptors (Lipinski definition) is 8. The highest BCUT2D eigenvalue weighted by atomic mass is 32.1. The van der Waals surface area contributed by atoms with Crippen LogP contribution in [0.2, 0.25) is 0 Å². The number of ether oxygens (including phenoxy) is 3. The van der Waals surface area contributed by atoms with Gasteiger partial charge in [-0.25, -0.2) is 0 Å². The third kappa shape index (κ3) is 5.30. The Bertz CT molecular complexity index is 737. The minimum absolute atomic E-state index is 0.0745. The van der Waals surface area contributed by atoms with E-state index in [4.69, 9.17) is 14.2 Å². The maximum Gasteiger partial charge on any atom is 0.227 e. The van der Waals surface area contributed by atoms with Crippen molar-refractivity contribution in [3.8, 4) is 27.8 Å². The molecule has 2 rings (SSSR count). The molecule has 8 nitrogen and oxygen atoms in total. The van der Waals surface area contributed by atoms with Crippen LogP contribution in [0, 0.1) is 0 Å². The Morgan fingerprint density at radius 3 is 2.22 bits per heavy atom. The van der Waals surface area contributed by atoms with E-state index in [-0.39, 0.29) is 5.91 Å². The van der Waals surface area contributed by atoms with Gasteiger partial charge in [-0.3, -0.25) is 4.79 Å². The highest BCUT2D eigenvalue weighted by Gasteiger charge is 2.17. The molecule has 0 saturated carbocycles. The minimum Gasteiger partial charge on any atom is -0.493 e. The predicted octanol–water partition coefficient (Wildman–Crippen LogP) is 2.90. The summed E-state index contributed by atoms with van der Waals surface area (Å²) in [6.45, 7) is 6.73. The fourth-order valence-electron chi connectivity index (χ4n) is 2.58. The molecule has 0 bridgehead atoms. The van der Waals surface area contributed by atoms with Crippen LogP contribution in [0.3, 0.4) is 0 Å². The van der Waals surface area contributed by atoms with E-state index in [1.165, 1.54) is 11.3 Å². The summed E-state index contributed by atoms with van der Waals surface area (Å²) < 4.78 is 16.1. The van der Waals surface area contributed by atoms with E-state index >= 15 is 0 Å². The van der Waals surface area contributed by atoms with Gasteiger partial charge in [-0.2, -0.15) is 0 Å². The van der Waals surface area contributed by atoms with Gasteiger partial charge in [0.25, 0.3) is 0 Å². The van der Waals surface area contributed by atoms with Crippen molar-refractivity contribution in [1.29, 1.82) is 0 Å². The van der Waals surface area contributed by atoms with E-state index in [1.807, 2.05) is 0 Å².